The van der Waals surface area contributed by atoms with Crippen LogP contribution in [0.5, 0.6) is 0 Å². The Labute approximate surface area is 120 Å². The quantitative estimate of drug-likeness (QED) is 0.847. The van der Waals surface area contributed by atoms with Crippen LogP contribution < -0.4 is 0 Å². The van der Waals surface area contributed by atoms with Gasteiger partial charge in [0.25, 0.3) is 0 Å². The predicted octanol–water partition coefficient (Wildman–Crippen LogP) is 1.43. The molecule has 0 unspecified atom stereocenters. The molecule has 1 heterocycles. The van der Waals surface area contributed by atoms with Crippen molar-refractivity contribution in [1.29, 1.82) is 0 Å². The molecular formula is C15H26N2O3. The van der Waals surface area contributed by atoms with Crippen LogP contribution in [0.15, 0.2) is 0 Å². The van der Waals surface area contributed by atoms with Crippen LogP contribution in [0.3, 0.4) is 0 Å². The third-order valence-electron chi connectivity index (χ3n) is 4.69. The first kappa shape index (κ1) is 15.3. The van der Waals surface area contributed by atoms with E-state index in [0.717, 1.165) is 44.9 Å². The first-order valence-electron chi connectivity index (χ1n) is 7.79. The van der Waals surface area contributed by atoms with Gasteiger partial charge < -0.3 is 10.0 Å². The van der Waals surface area contributed by atoms with E-state index in [1.807, 2.05) is 4.90 Å². The van der Waals surface area contributed by atoms with Crippen LogP contribution >= 0.6 is 0 Å². The van der Waals surface area contributed by atoms with E-state index in [2.05, 4.69) is 11.8 Å². The molecule has 1 saturated carbocycles. The smallest absolute Gasteiger partial charge is 0.304 e. The molecule has 0 radical (unpaired) electrons. The van der Waals surface area contributed by atoms with Gasteiger partial charge in [-0.1, -0.05) is 6.92 Å². The van der Waals surface area contributed by atoms with Crippen molar-refractivity contribution in [2.45, 2.75) is 39.0 Å². The van der Waals surface area contributed by atoms with Gasteiger partial charge in [-0.3, -0.25) is 14.5 Å². The summed E-state index contributed by atoms with van der Waals surface area (Å²) in [6, 6.07) is 0. The van der Waals surface area contributed by atoms with Crippen molar-refractivity contribution in [3.63, 3.8) is 0 Å². The Morgan fingerprint density at radius 3 is 2.20 bits per heavy atom. The van der Waals surface area contributed by atoms with Gasteiger partial charge in [0, 0.05) is 38.6 Å². The molecule has 1 N–H and O–H groups in total. The van der Waals surface area contributed by atoms with Crippen LogP contribution in [-0.4, -0.2) is 59.5 Å². The number of carbonyl (C=O) groups is 2. The largest absolute Gasteiger partial charge is 0.481 e. The summed E-state index contributed by atoms with van der Waals surface area (Å²) in [4.78, 5) is 27.1. The predicted molar refractivity (Wildman–Crippen MR) is 76.4 cm³/mol. The lowest BCUT2D eigenvalue weighted by molar-refractivity contribution is -0.140. The lowest BCUT2D eigenvalue weighted by Gasteiger charge is -2.37. The number of carbonyl (C=O) groups excluding carboxylic acids is 1. The molecule has 2 rings (SSSR count). The molecule has 2 fully saturated rings. The maximum atomic E-state index is 12.4. The molecule has 0 aromatic carbocycles. The molecule has 1 aliphatic heterocycles. The van der Waals surface area contributed by atoms with E-state index in [9.17, 15) is 9.59 Å². The van der Waals surface area contributed by atoms with Crippen molar-refractivity contribution in [1.82, 2.24) is 9.80 Å². The average Bonchev–Trinajstić information content (AvgIpc) is 2.46. The third kappa shape index (κ3) is 4.20. The highest BCUT2D eigenvalue weighted by Crippen LogP contribution is 2.29. The first-order valence-corrected chi connectivity index (χ1v) is 7.79. The Morgan fingerprint density at radius 1 is 1.05 bits per heavy atom. The highest BCUT2D eigenvalue weighted by molar-refractivity contribution is 5.79. The lowest BCUT2D eigenvalue weighted by atomic mass is 9.82. The number of hydrogen-bond acceptors (Lipinski definition) is 3. The molecule has 0 aromatic heterocycles. The molecule has 0 spiro atoms. The van der Waals surface area contributed by atoms with Crippen molar-refractivity contribution in [3.05, 3.63) is 0 Å². The van der Waals surface area contributed by atoms with Crippen LogP contribution in [-0.2, 0) is 9.59 Å². The summed E-state index contributed by atoms with van der Waals surface area (Å²) in [5.41, 5.74) is 0. The number of carboxylic acids is 1. The fourth-order valence-corrected chi connectivity index (χ4v) is 3.21. The summed E-state index contributed by atoms with van der Waals surface area (Å²) in [5, 5.41) is 8.68. The fraction of sp³-hybridized carbons (Fsp3) is 0.867. The number of nitrogens with zero attached hydrogens (tertiary/aromatic N) is 2. The number of hydrogen-bond donors (Lipinski definition) is 1. The van der Waals surface area contributed by atoms with Crippen LogP contribution in [0.2, 0.25) is 0 Å². The Kier molecular flexibility index (Phi) is 5.40. The van der Waals surface area contributed by atoms with Gasteiger partial charge in [0.2, 0.25) is 5.91 Å². The van der Waals surface area contributed by atoms with Crippen LogP contribution in [0, 0.1) is 11.8 Å². The highest BCUT2D eigenvalue weighted by atomic mass is 16.4. The van der Waals surface area contributed by atoms with E-state index in [0.29, 0.717) is 12.5 Å². The third-order valence-corrected chi connectivity index (χ3v) is 4.69. The molecule has 114 valence electrons. The van der Waals surface area contributed by atoms with Gasteiger partial charge in [-0.15, -0.1) is 0 Å². The van der Waals surface area contributed by atoms with Gasteiger partial charge in [0.05, 0.1) is 6.42 Å². The molecule has 1 amide bonds. The van der Waals surface area contributed by atoms with E-state index >= 15 is 0 Å². The van der Waals surface area contributed by atoms with Gasteiger partial charge >= 0.3 is 5.97 Å². The first-order chi connectivity index (χ1) is 9.56. The second-order valence-electron chi connectivity index (χ2n) is 6.27. The molecule has 5 nitrogen and oxygen atoms in total. The topological polar surface area (TPSA) is 60.9 Å². The highest BCUT2D eigenvalue weighted by Gasteiger charge is 2.29. The summed E-state index contributed by atoms with van der Waals surface area (Å²) in [7, 11) is 0. The van der Waals surface area contributed by atoms with Crippen molar-refractivity contribution >= 4 is 11.9 Å². The number of piperazine rings is 1. The zero-order valence-corrected chi connectivity index (χ0v) is 12.4. The number of aliphatic carboxylic acids is 1. The molecule has 0 atom stereocenters. The molecule has 2 aliphatic rings. The van der Waals surface area contributed by atoms with Crippen LogP contribution in [0.25, 0.3) is 0 Å². The Balaban J connectivity index is 1.73. The lowest BCUT2D eigenvalue weighted by Crippen LogP contribution is -2.50. The second kappa shape index (κ2) is 7.07. The molecule has 5 heteroatoms. The minimum atomic E-state index is -0.750. The summed E-state index contributed by atoms with van der Waals surface area (Å²) in [6.07, 6.45) is 4.62. The molecule has 20 heavy (non-hydrogen) atoms. The number of rotatable bonds is 4. The molecule has 0 aromatic rings. The van der Waals surface area contributed by atoms with Crippen molar-refractivity contribution in [2.75, 3.05) is 32.7 Å². The van der Waals surface area contributed by atoms with Gasteiger partial charge in [0.15, 0.2) is 0 Å². The van der Waals surface area contributed by atoms with E-state index in [1.165, 1.54) is 12.8 Å². The average molecular weight is 282 g/mol. The molecule has 1 saturated heterocycles. The standard InChI is InChI=1S/C15H26N2O3/c1-12-2-4-13(5-3-12)15(20)17-10-8-16(9-11-17)7-6-14(18)19/h12-13H,2-11H2,1H3,(H,18,19). The minimum Gasteiger partial charge on any atom is -0.481 e. The fourth-order valence-electron chi connectivity index (χ4n) is 3.21. The van der Waals surface area contributed by atoms with E-state index in [4.69, 9.17) is 5.11 Å². The molecule has 0 bridgehead atoms. The zero-order valence-electron chi connectivity index (χ0n) is 12.4. The Hall–Kier alpha value is -1.10. The van der Waals surface area contributed by atoms with Crippen molar-refractivity contribution < 1.29 is 14.7 Å². The number of carboxylic acid groups (broad SMARTS) is 1. The van der Waals surface area contributed by atoms with E-state index < -0.39 is 5.97 Å². The summed E-state index contributed by atoms with van der Waals surface area (Å²) in [5.74, 6) is 0.582. The minimum absolute atomic E-state index is 0.189. The van der Waals surface area contributed by atoms with Gasteiger partial charge in [0.1, 0.15) is 0 Å². The van der Waals surface area contributed by atoms with E-state index in [1.54, 1.807) is 0 Å². The molecular weight excluding hydrogens is 256 g/mol. The van der Waals surface area contributed by atoms with Crippen LogP contribution in [0.1, 0.15) is 39.0 Å². The maximum Gasteiger partial charge on any atom is 0.304 e. The summed E-state index contributed by atoms with van der Waals surface area (Å²) >= 11 is 0. The summed E-state index contributed by atoms with van der Waals surface area (Å²) in [6.45, 7) is 5.99. The monoisotopic (exact) mass is 282 g/mol. The molecule has 1 aliphatic carbocycles. The number of amides is 1. The maximum absolute atomic E-state index is 12.4. The normalized spacial score (nSPS) is 28.4. The summed E-state index contributed by atoms with van der Waals surface area (Å²) < 4.78 is 0. The van der Waals surface area contributed by atoms with Crippen molar-refractivity contribution in [3.8, 4) is 0 Å². The van der Waals surface area contributed by atoms with Gasteiger partial charge in [-0.25, -0.2) is 0 Å². The second-order valence-corrected chi connectivity index (χ2v) is 6.27. The zero-order chi connectivity index (χ0) is 14.5. The SMILES string of the molecule is CC1CCC(C(=O)N2CCN(CCC(=O)O)CC2)CC1. The van der Waals surface area contributed by atoms with Gasteiger partial charge in [-0.2, -0.15) is 0 Å². The van der Waals surface area contributed by atoms with Crippen LogP contribution in [0.4, 0.5) is 0 Å². The van der Waals surface area contributed by atoms with Gasteiger partial charge in [-0.05, 0) is 31.6 Å². The van der Waals surface area contributed by atoms with Crippen molar-refractivity contribution in [2.24, 2.45) is 11.8 Å². The van der Waals surface area contributed by atoms with E-state index in [-0.39, 0.29) is 12.3 Å². The Bertz CT molecular complexity index is 343. The Morgan fingerprint density at radius 2 is 1.65 bits per heavy atom.